The number of aromatic nitrogens is 1. The van der Waals surface area contributed by atoms with Gasteiger partial charge in [-0.05, 0) is 17.7 Å². The normalized spacial score (nSPS) is 11.0. The number of alkyl halides is 1. The minimum absolute atomic E-state index is 0.536. The van der Waals surface area contributed by atoms with Gasteiger partial charge in [-0.25, -0.2) is 4.98 Å². The van der Waals surface area contributed by atoms with E-state index in [0.717, 1.165) is 15.6 Å². The molecule has 18 heavy (non-hydrogen) atoms. The van der Waals surface area contributed by atoms with Gasteiger partial charge < -0.3 is 0 Å². The van der Waals surface area contributed by atoms with E-state index in [9.17, 15) is 0 Å². The maximum Gasteiger partial charge on any atom is 0.124 e. The molecule has 0 atom stereocenters. The number of aryl methyl sites for hydroxylation is 1. The Morgan fingerprint density at radius 2 is 1.89 bits per heavy atom. The average Bonchev–Trinajstić information content (AvgIpc) is 2.79. The van der Waals surface area contributed by atoms with Crippen LogP contribution in [0, 0.1) is 6.92 Å². The molecule has 0 N–H and O–H groups in total. The first kappa shape index (κ1) is 11.7. The standard InChI is InChI=1S/C15H12ClNS/c1-10-14(9-16)18-15(17-10)13-8-4-6-11-5-2-3-7-12(11)13/h2-8H,9H2,1H3. The Hall–Kier alpha value is -1.38. The molecule has 1 nitrogen and oxygen atoms in total. The van der Waals surface area contributed by atoms with E-state index in [1.165, 1.54) is 16.3 Å². The molecule has 3 rings (SSSR count). The molecular weight excluding hydrogens is 262 g/mol. The lowest BCUT2D eigenvalue weighted by Gasteiger charge is -2.02. The maximum absolute atomic E-state index is 5.92. The van der Waals surface area contributed by atoms with Gasteiger partial charge >= 0.3 is 0 Å². The Bertz CT molecular complexity index is 697. The van der Waals surface area contributed by atoms with Crippen molar-refractivity contribution in [3.63, 3.8) is 0 Å². The van der Waals surface area contributed by atoms with Crippen molar-refractivity contribution in [2.24, 2.45) is 0 Å². The zero-order valence-electron chi connectivity index (χ0n) is 9.98. The molecule has 0 spiro atoms. The monoisotopic (exact) mass is 273 g/mol. The van der Waals surface area contributed by atoms with E-state index in [2.05, 4.69) is 47.4 Å². The molecule has 0 amide bonds. The zero-order chi connectivity index (χ0) is 12.5. The number of fused-ring (bicyclic) bond motifs is 1. The average molecular weight is 274 g/mol. The highest BCUT2D eigenvalue weighted by Crippen LogP contribution is 2.33. The van der Waals surface area contributed by atoms with Gasteiger partial charge in [-0.2, -0.15) is 0 Å². The highest BCUT2D eigenvalue weighted by atomic mass is 35.5. The van der Waals surface area contributed by atoms with Crippen LogP contribution in [0.4, 0.5) is 0 Å². The van der Waals surface area contributed by atoms with Gasteiger partial charge in [0.05, 0.1) is 11.6 Å². The number of hydrogen-bond donors (Lipinski definition) is 0. The van der Waals surface area contributed by atoms with E-state index in [0.29, 0.717) is 5.88 Å². The molecule has 90 valence electrons. The minimum Gasteiger partial charge on any atom is -0.241 e. The third kappa shape index (κ3) is 1.92. The highest BCUT2D eigenvalue weighted by Gasteiger charge is 2.10. The van der Waals surface area contributed by atoms with Crippen LogP contribution in [-0.2, 0) is 5.88 Å². The smallest absolute Gasteiger partial charge is 0.124 e. The first-order valence-electron chi connectivity index (χ1n) is 5.80. The molecule has 0 bridgehead atoms. The molecule has 0 saturated carbocycles. The van der Waals surface area contributed by atoms with Crippen molar-refractivity contribution in [1.82, 2.24) is 4.98 Å². The van der Waals surface area contributed by atoms with Crippen LogP contribution in [0.25, 0.3) is 21.3 Å². The van der Waals surface area contributed by atoms with Gasteiger partial charge in [-0.3, -0.25) is 0 Å². The minimum atomic E-state index is 0.536. The number of halogens is 1. The molecule has 0 aliphatic rings. The van der Waals surface area contributed by atoms with Gasteiger partial charge in [0.15, 0.2) is 0 Å². The molecule has 0 aliphatic carbocycles. The molecule has 0 fully saturated rings. The van der Waals surface area contributed by atoms with Crippen molar-refractivity contribution in [1.29, 1.82) is 0 Å². The third-order valence-corrected chi connectivity index (χ3v) is 4.65. The first-order valence-corrected chi connectivity index (χ1v) is 7.15. The predicted octanol–water partition coefficient (Wildman–Crippen LogP) is 5.01. The third-order valence-electron chi connectivity index (χ3n) is 3.03. The number of benzene rings is 2. The van der Waals surface area contributed by atoms with Gasteiger partial charge in [0.25, 0.3) is 0 Å². The molecule has 1 aromatic heterocycles. The van der Waals surface area contributed by atoms with Crippen molar-refractivity contribution in [2.75, 3.05) is 0 Å². The molecule has 2 aromatic carbocycles. The van der Waals surface area contributed by atoms with Crippen LogP contribution < -0.4 is 0 Å². The summed E-state index contributed by atoms with van der Waals surface area (Å²) in [6.45, 7) is 2.02. The number of rotatable bonds is 2. The van der Waals surface area contributed by atoms with Crippen molar-refractivity contribution >= 4 is 33.7 Å². The number of thiazole rings is 1. The van der Waals surface area contributed by atoms with E-state index in [1.807, 2.05) is 6.92 Å². The predicted molar refractivity (Wildman–Crippen MR) is 79.4 cm³/mol. The van der Waals surface area contributed by atoms with Crippen LogP contribution in [0.15, 0.2) is 42.5 Å². The van der Waals surface area contributed by atoms with Crippen LogP contribution in [-0.4, -0.2) is 4.98 Å². The summed E-state index contributed by atoms with van der Waals surface area (Å²) in [4.78, 5) is 5.79. The van der Waals surface area contributed by atoms with Crippen LogP contribution >= 0.6 is 22.9 Å². The largest absolute Gasteiger partial charge is 0.241 e. The van der Waals surface area contributed by atoms with Crippen LogP contribution in [0.3, 0.4) is 0 Å². The second-order valence-corrected chi connectivity index (χ2v) is 5.54. The second-order valence-electron chi connectivity index (χ2n) is 4.19. The summed E-state index contributed by atoms with van der Waals surface area (Å²) in [5.41, 5.74) is 2.23. The van der Waals surface area contributed by atoms with E-state index in [1.54, 1.807) is 11.3 Å². The summed E-state index contributed by atoms with van der Waals surface area (Å²) in [7, 11) is 0. The van der Waals surface area contributed by atoms with Gasteiger partial charge in [0.1, 0.15) is 5.01 Å². The van der Waals surface area contributed by atoms with E-state index < -0.39 is 0 Å². The maximum atomic E-state index is 5.92. The molecule has 0 aliphatic heterocycles. The van der Waals surface area contributed by atoms with E-state index >= 15 is 0 Å². The fourth-order valence-corrected chi connectivity index (χ4v) is 3.39. The van der Waals surface area contributed by atoms with E-state index in [4.69, 9.17) is 11.6 Å². The van der Waals surface area contributed by atoms with Crippen molar-refractivity contribution < 1.29 is 0 Å². The zero-order valence-corrected chi connectivity index (χ0v) is 11.6. The van der Waals surface area contributed by atoms with Gasteiger partial charge in [0.2, 0.25) is 0 Å². The summed E-state index contributed by atoms with van der Waals surface area (Å²) in [6.07, 6.45) is 0. The quantitative estimate of drug-likeness (QED) is 0.598. The van der Waals surface area contributed by atoms with Gasteiger partial charge in [-0.1, -0.05) is 42.5 Å². The number of hydrogen-bond acceptors (Lipinski definition) is 2. The summed E-state index contributed by atoms with van der Waals surface area (Å²) in [6, 6.07) is 14.7. The first-order chi connectivity index (χ1) is 8.79. The lowest BCUT2D eigenvalue weighted by molar-refractivity contribution is 1.22. The summed E-state index contributed by atoms with van der Waals surface area (Å²) >= 11 is 7.61. The SMILES string of the molecule is Cc1nc(-c2cccc3ccccc23)sc1CCl. The summed E-state index contributed by atoms with van der Waals surface area (Å²) in [5, 5.41) is 3.55. The Labute approximate surface area is 115 Å². The van der Waals surface area contributed by atoms with Crippen LogP contribution in [0.5, 0.6) is 0 Å². The topological polar surface area (TPSA) is 12.9 Å². The van der Waals surface area contributed by atoms with Gasteiger partial charge in [-0.15, -0.1) is 22.9 Å². The lowest BCUT2D eigenvalue weighted by Crippen LogP contribution is -1.80. The van der Waals surface area contributed by atoms with Crippen LogP contribution in [0.2, 0.25) is 0 Å². The van der Waals surface area contributed by atoms with E-state index in [-0.39, 0.29) is 0 Å². The Balaban J connectivity index is 2.24. The molecule has 0 unspecified atom stereocenters. The van der Waals surface area contributed by atoms with Crippen LogP contribution in [0.1, 0.15) is 10.6 Å². The van der Waals surface area contributed by atoms with Gasteiger partial charge in [0, 0.05) is 10.4 Å². The number of nitrogens with zero attached hydrogens (tertiary/aromatic N) is 1. The summed E-state index contributed by atoms with van der Waals surface area (Å²) < 4.78 is 0. The Morgan fingerprint density at radius 3 is 2.67 bits per heavy atom. The Kier molecular flexibility index (Phi) is 3.06. The molecule has 0 saturated heterocycles. The van der Waals surface area contributed by atoms with Crippen molar-refractivity contribution in [3.8, 4) is 10.6 Å². The second kappa shape index (κ2) is 4.71. The van der Waals surface area contributed by atoms with Crippen molar-refractivity contribution in [3.05, 3.63) is 53.0 Å². The fraction of sp³-hybridized carbons (Fsp3) is 0.133. The Morgan fingerprint density at radius 1 is 1.11 bits per heavy atom. The van der Waals surface area contributed by atoms with Crippen molar-refractivity contribution in [2.45, 2.75) is 12.8 Å². The highest BCUT2D eigenvalue weighted by molar-refractivity contribution is 7.15. The fourth-order valence-electron chi connectivity index (χ4n) is 2.08. The summed E-state index contributed by atoms with van der Waals surface area (Å²) in [5.74, 6) is 0.536. The lowest BCUT2D eigenvalue weighted by atomic mass is 10.1. The molecule has 3 heteroatoms. The molecule has 1 heterocycles. The molecular formula is C15H12ClNS. The molecule has 3 aromatic rings. The molecule has 0 radical (unpaired) electrons.